The Morgan fingerprint density at radius 3 is 2.47 bits per heavy atom. The van der Waals surface area contributed by atoms with Crippen molar-refractivity contribution in [2.45, 2.75) is 26.0 Å². The zero-order valence-corrected chi connectivity index (χ0v) is 12.4. The number of sulfonamides is 1. The van der Waals surface area contributed by atoms with Crippen molar-refractivity contribution >= 4 is 15.9 Å². The van der Waals surface area contributed by atoms with Gasteiger partial charge >= 0.3 is 0 Å². The lowest BCUT2D eigenvalue weighted by Gasteiger charge is -2.29. The second-order valence-electron chi connectivity index (χ2n) is 4.60. The van der Waals surface area contributed by atoms with Gasteiger partial charge in [0.2, 0.25) is 15.9 Å². The first-order chi connectivity index (χ1) is 8.85. The lowest BCUT2D eigenvalue weighted by atomic mass is 10.3. The zero-order valence-electron chi connectivity index (χ0n) is 11.6. The molecule has 0 bridgehead atoms. The number of morpholine rings is 1. The maximum Gasteiger partial charge on any atom is 0.240 e. The first-order valence-corrected chi connectivity index (χ1v) is 7.90. The van der Waals surface area contributed by atoms with Gasteiger partial charge in [0.1, 0.15) is 0 Å². The van der Waals surface area contributed by atoms with E-state index in [1.807, 2.05) is 0 Å². The van der Waals surface area contributed by atoms with Gasteiger partial charge in [-0.15, -0.1) is 0 Å². The molecule has 0 spiro atoms. The Kier molecular flexibility index (Phi) is 6.18. The second-order valence-corrected chi connectivity index (χ2v) is 6.40. The summed E-state index contributed by atoms with van der Waals surface area (Å²) in [5.74, 6) is -0.388. The molecule has 0 saturated carbocycles. The van der Waals surface area contributed by atoms with E-state index < -0.39 is 22.2 Å². The molecule has 1 N–H and O–H groups in total. The Hall–Kier alpha value is -0.700. The molecule has 1 aliphatic heterocycles. The third-order valence-electron chi connectivity index (χ3n) is 2.91. The molecule has 1 rings (SSSR count). The second kappa shape index (κ2) is 7.18. The van der Waals surface area contributed by atoms with Crippen molar-refractivity contribution in [3.8, 4) is 0 Å². The van der Waals surface area contributed by atoms with Gasteiger partial charge < -0.3 is 14.4 Å². The Labute approximate surface area is 114 Å². The van der Waals surface area contributed by atoms with Crippen LogP contribution in [-0.4, -0.2) is 70.5 Å². The normalized spacial score (nSPS) is 20.1. The summed E-state index contributed by atoms with van der Waals surface area (Å²) in [5, 5.41) is 0. The number of carbonyl (C=O) groups is 1. The third-order valence-corrected chi connectivity index (χ3v) is 4.53. The number of methoxy groups -OCH3 is 1. The summed E-state index contributed by atoms with van der Waals surface area (Å²) in [5.41, 5.74) is 0. The summed E-state index contributed by atoms with van der Waals surface area (Å²) >= 11 is 0. The van der Waals surface area contributed by atoms with E-state index in [2.05, 4.69) is 4.72 Å². The number of carbonyl (C=O) groups excluding carboxylic acids is 1. The Morgan fingerprint density at radius 1 is 1.37 bits per heavy atom. The van der Waals surface area contributed by atoms with E-state index in [-0.39, 0.29) is 11.7 Å². The fourth-order valence-electron chi connectivity index (χ4n) is 1.80. The highest BCUT2D eigenvalue weighted by atomic mass is 32.2. The Bertz CT molecular complexity index is 392. The van der Waals surface area contributed by atoms with Crippen LogP contribution < -0.4 is 4.72 Å². The lowest BCUT2D eigenvalue weighted by Crippen LogP contribution is -2.51. The monoisotopic (exact) mass is 294 g/mol. The van der Waals surface area contributed by atoms with Gasteiger partial charge in [-0.25, -0.2) is 13.1 Å². The van der Waals surface area contributed by atoms with Crippen molar-refractivity contribution in [1.29, 1.82) is 0 Å². The topological polar surface area (TPSA) is 84.9 Å². The molecule has 0 aromatic carbocycles. The van der Waals surface area contributed by atoms with Crippen molar-refractivity contribution in [2.75, 3.05) is 39.2 Å². The van der Waals surface area contributed by atoms with Gasteiger partial charge in [-0.2, -0.15) is 0 Å². The molecule has 8 heteroatoms. The fraction of sp³-hybridized carbons (Fsp3) is 0.909. The van der Waals surface area contributed by atoms with Crippen molar-refractivity contribution < 1.29 is 22.7 Å². The summed E-state index contributed by atoms with van der Waals surface area (Å²) in [6.45, 7) is 5.19. The quantitative estimate of drug-likeness (QED) is 0.692. The maximum atomic E-state index is 12.0. The number of amides is 1. The van der Waals surface area contributed by atoms with Crippen LogP contribution in [-0.2, 0) is 24.3 Å². The van der Waals surface area contributed by atoms with Gasteiger partial charge in [0.15, 0.2) is 0 Å². The molecule has 1 saturated heterocycles. The SMILES string of the molecule is CO[C@H](C)CS(=O)(=O)N[C@@H](C)C(=O)N1CCOCC1. The van der Waals surface area contributed by atoms with Gasteiger partial charge in [0.25, 0.3) is 0 Å². The molecule has 1 amide bonds. The van der Waals surface area contributed by atoms with Crippen LogP contribution in [0.25, 0.3) is 0 Å². The average Bonchev–Trinajstić information content (AvgIpc) is 2.37. The minimum atomic E-state index is -3.53. The number of rotatable bonds is 6. The first-order valence-electron chi connectivity index (χ1n) is 6.25. The van der Waals surface area contributed by atoms with E-state index in [0.29, 0.717) is 26.3 Å². The largest absolute Gasteiger partial charge is 0.381 e. The highest BCUT2D eigenvalue weighted by Gasteiger charge is 2.26. The Morgan fingerprint density at radius 2 is 1.95 bits per heavy atom. The molecule has 1 aliphatic rings. The smallest absolute Gasteiger partial charge is 0.240 e. The standard InChI is InChI=1S/C11H22N2O5S/c1-9(17-3)8-19(15,16)12-10(2)11(14)13-4-6-18-7-5-13/h9-10,12H,4-8H2,1-3H3/t9-,10+/m1/s1. The van der Waals surface area contributed by atoms with Crippen LogP contribution >= 0.6 is 0 Å². The van der Waals surface area contributed by atoms with Crippen LogP contribution in [0.4, 0.5) is 0 Å². The predicted molar refractivity (Wildman–Crippen MR) is 70.3 cm³/mol. The lowest BCUT2D eigenvalue weighted by molar-refractivity contribution is -0.136. The summed E-state index contributed by atoms with van der Waals surface area (Å²) in [6, 6.07) is -0.771. The van der Waals surface area contributed by atoms with Gasteiger partial charge in [0.05, 0.1) is 31.1 Å². The van der Waals surface area contributed by atoms with Crippen LogP contribution in [0.15, 0.2) is 0 Å². The molecule has 0 aliphatic carbocycles. The van der Waals surface area contributed by atoms with E-state index in [0.717, 1.165) is 0 Å². The maximum absolute atomic E-state index is 12.0. The molecule has 1 fully saturated rings. The zero-order chi connectivity index (χ0) is 14.5. The fourth-order valence-corrected chi connectivity index (χ4v) is 3.29. The minimum Gasteiger partial charge on any atom is -0.381 e. The molecule has 1 heterocycles. The molecule has 0 radical (unpaired) electrons. The van der Waals surface area contributed by atoms with Crippen LogP contribution in [0.3, 0.4) is 0 Å². The molecule has 2 atom stereocenters. The number of nitrogens with one attached hydrogen (secondary N) is 1. The minimum absolute atomic E-state index is 0.162. The summed E-state index contributed by atoms with van der Waals surface area (Å²) in [6.07, 6.45) is -0.414. The summed E-state index contributed by atoms with van der Waals surface area (Å²) < 4.78 is 36.1. The molecule has 112 valence electrons. The van der Waals surface area contributed by atoms with Gasteiger partial charge in [-0.1, -0.05) is 0 Å². The molecule has 0 aromatic rings. The Balaban J connectivity index is 2.53. The van der Waals surface area contributed by atoms with Crippen molar-refractivity contribution in [3.05, 3.63) is 0 Å². The molecular formula is C11H22N2O5S. The first kappa shape index (κ1) is 16.4. The molecule has 7 nitrogen and oxygen atoms in total. The number of hydrogen-bond acceptors (Lipinski definition) is 5. The third kappa shape index (κ3) is 5.43. The molecule has 19 heavy (non-hydrogen) atoms. The average molecular weight is 294 g/mol. The molecule has 0 aromatic heterocycles. The number of ether oxygens (including phenoxy) is 2. The van der Waals surface area contributed by atoms with E-state index in [4.69, 9.17) is 9.47 Å². The van der Waals surface area contributed by atoms with Crippen LogP contribution in [0, 0.1) is 0 Å². The van der Waals surface area contributed by atoms with Crippen molar-refractivity contribution in [1.82, 2.24) is 9.62 Å². The van der Waals surface area contributed by atoms with Crippen molar-refractivity contribution in [3.63, 3.8) is 0 Å². The van der Waals surface area contributed by atoms with E-state index in [1.165, 1.54) is 7.11 Å². The number of hydrogen-bond donors (Lipinski definition) is 1. The van der Waals surface area contributed by atoms with Gasteiger partial charge in [-0.3, -0.25) is 4.79 Å². The van der Waals surface area contributed by atoms with Crippen LogP contribution in [0.2, 0.25) is 0 Å². The highest BCUT2D eigenvalue weighted by molar-refractivity contribution is 7.89. The highest BCUT2D eigenvalue weighted by Crippen LogP contribution is 2.03. The van der Waals surface area contributed by atoms with Gasteiger partial charge in [-0.05, 0) is 13.8 Å². The van der Waals surface area contributed by atoms with Gasteiger partial charge in [0, 0.05) is 20.2 Å². The van der Waals surface area contributed by atoms with Crippen LogP contribution in [0.1, 0.15) is 13.8 Å². The van der Waals surface area contributed by atoms with E-state index >= 15 is 0 Å². The predicted octanol–water partition coefficient (Wildman–Crippen LogP) is -0.812. The number of nitrogens with zero attached hydrogens (tertiary/aromatic N) is 1. The molecular weight excluding hydrogens is 272 g/mol. The van der Waals surface area contributed by atoms with E-state index in [1.54, 1.807) is 18.7 Å². The summed E-state index contributed by atoms with van der Waals surface area (Å²) in [4.78, 5) is 13.7. The molecule has 0 unspecified atom stereocenters. The van der Waals surface area contributed by atoms with Crippen LogP contribution in [0.5, 0.6) is 0 Å². The van der Waals surface area contributed by atoms with Crippen molar-refractivity contribution in [2.24, 2.45) is 0 Å². The summed E-state index contributed by atoms with van der Waals surface area (Å²) in [7, 11) is -2.08. The van der Waals surface area contributed by atoms with E-state index in [9.17, 15) is 13.2 Å².